The Hall–Kier alpha value is -1.87. The van der Waals surface area contributed by atoms with Gasteiger partial charge in [0, 0.05) is 11.3 Å². The van der Waals surface area contributed by atoms with Crippen molar-refractivity contribution in [1.82, 2.24) is 4.98 Å². The molecule has 0 bridgehead atoms. The number of hydrogen-bond donors (Lipinski definition) is 3. The summed E-state index contributed by atoms with van der Waals surface area (Å²) in [4.78, 5) is 14.0. The Labute approximate surface area is 107 Å². The minimum Gasteiger partial charge on any atom is -0.409 e. The van der Waals surface area contributed by atoms with Crippen LogP contribution in [0.3, 0.4) is 0 Å². The maximum atomic E-state index is 10.8. The number of nitro groups is 1. The molecular formula is C9H12N4O4S. The highest BCUT2D eigenvalue weighted by Crippen LogP contribution is 2.25. The fourth-order valence-corrected chi connectivity index (χ4v) is 1.90. The van der Waals surface area contributed by atoms with Crippen LogP contribution in [0.2, 0.25) is 0 Å². The van der Waals surface area contributed by atoms with Gasteiger partial charge in [0.2, 0.25) is 0 Å². The number of rotatable bonds is 5. The monoisotopic (exact) mass is 272 g/mol. The van der Waals surface area contributed by atoms with Crippen molar-refractivity contribution in [3.63, 3.8) is 0 Å². The van der Waals surface area contributed by atoms with Gasteiger partial charge < -0.3 is 16.0 Å². The Morgan fingerprint density at radius 1 is 1.72 bits per heavy atom. The fraction of sp³-hybridized carbons (Fsp3) is 0.333. The van der Waals surface area contributed by atoms with Crippen molar-refractivity contribution >= 4 is 23.3 Å². The van der Waals surface area contributed by atoms with E-state index in [0.717, 1.165) is 0 Å². The zero-order valence-electron chi connectivity index (χ0n) is 9.48. The zero-order chi connectivity index (χ0) is 13.7. The lowest BCUT2D eigenvalue weighted by molar-refractivity contribution is -0.385. The van der Waals surface area contributed by atoms with Crippen LogP contribution >= 0.6 is 11.8 Å². The first-order valence-electron chi connectivity index (χ1n) is 4.90. The predicted molar refractivity (Wildman–Crippen MR) is 65.8 cm³/mol. The second-order valence-electron chi connectivity index (χ2n) is 3.37. The normalized spacial score (nSPS) is 13.3. The topological polar surface area (TPSA) is 135 Å². The van der Waals surface area contributed by atoms with Gasteiger partial charge in [-0.3, -0.25) is 10.1 Å². The number of oxime groups is 1. The molecule has 9 heteroatoms. The molecule has 1 heterocycles. The van der Waals surface area contributed by atoms with Crippen LogP contribution in [0.4, 0.5) is 5.69 Å². The van der Waals surface area contributed by atoms with Crippen LogP contribution < -0.4 is 5.73 Å². The molecule has 0 radical (unpaired) electrons. The minimum atomic E-state index is -0.662. The lowest BCUT2D eigenvalue weighted by Crippen LogP contribution is -2.17. The Morgan fingerprint density at radius 3 is 2.89 bits per heavy atom. The second-order valence-corrected chi connectivity index (χ2v) is 4.83. The van der Waals surface area contributed by atoms with Gasteiger partial charge in [-0.1, -0.05) is 12.1 Å². The lowest BCUT2D eigenvalue weighted by atomic mass is 10.3. The zero-order valence-corrected chi connectivity index (χ0v) is 10.3. The highest BCUT2D eigenvalue weighted by molar-refractivity contribution is 7.99. The van der Waals surface area contributed by atoms with E-state index in [-0.39, 0.29) is 23.2 Å². The van der Waals surface area contributed by atoms with Gasteiger partial charge in [-0.25, -0.2) is 4.98 Å². The smallest absolute Gasteiger partial charge is 0.298 e. The van der Waals surface area contributed by atoms with Gasteiger partial charge in [-0.15, -0.1) is 11.8 Å². The number of thioether (sulfide) groups is 1. The summed E-state index contributed by atoms with van der Waals surface area (Å²) >= 11 is 1.23. The van der Waals surface area contributed by atoms with Gasteiger partial charge >= 0.3 is 0 Å². The standard InChI is InChI=1S/C9H12N4O4S/c1-5(4-14)18-7-3-2-6(13(16)17)8(11-7)9(10)12-15/h2-3,5,14-15H,4H2,1H3,(H2,10,12). The fourth-order valence-electron chi connectivity index (χ4n) is 1.13. The summed E-state index contributed by atoms with van der Waals surface area (Å²) in [6.45, 7) is 1.72. The number of nitrogens with two attached hydrogens (primary N) is 1. The van der Waals surface area contributed by atoms with Crippen molar-refractivity contribution in [2.75, 3.05) is 6.61 Å². The molecule has 1 rings (SSSR count). The average Bonchev–Trinajstić information content (AvgIpc) is 2.37. The summed E-state index contributed by atoms with van der Waals surface area (Å²) in [7, 11) is 0. The van der Waals surface area contributed by atoms with Crippen molar-refractivity contribution in [2.24, 2.45) is 10.9 Å². The van der Waals surface area contributed by atoms with Crippen LogP contribution in [-0.2, 0) is 0 Å². The van der Waals surface area contributed by atoms with E-state index in [4.69, 9.17) is 16.0 Å². The number of aliphatic hydroxyl groups excluding tert-OH is 1. The Morgan fingerprint density at radius 2 is 2.39 bits per heavy atom. The molecule has 1 unspecified atom stereocenters. The van der Waals surface area contributed by atoms with Gasteiger partial charge in [-0.05, 0) is 6.07 Å². The first-order chi connectivity index (χ1) is 8.49. The molecule has 1 aromatic rings. The molecule has 1 aromatic heterocycles. The van der Waals surface area contributed by atoms with Crippen molar-refractivity contribution in [1.29, 1.82) is 0 Å². The van der Waals surface area contributed by atoms with Crippen LogP contribution in [0.5, 0.6) is 0 Å². The first-order valence-corrected chi connectivity index (χ1v) is 5.78. The molecule has 0 aliphatic heterocycles. The predicted octanol–water partition coefficient (Wildman–Crippen LogP) is 0.557. The highest BCUT2D eigenvalue weighted by atomic mass is 32.2. The third-order valence-electron chi connectivity index (χ3n) is 1.97. The van der Waals surface area contributed by atoms with Crippen molar-refractivity contribution < 1.29 is 15.2 Å². The van der Waals surface area contributed by atoms with E-state index >= 15 is 0 Å². The summed E-state index contributed by atoms with van der Waals surface area (Å²) in [6.07, 6.45) is 0. The van der Waals surface area contributed by atoms with Gasteiger partial charge in [0.25, 0.3) is 5.69 Å². The molecular weight excluding hydrogens is 260 g/mol. The van der Waals surface area contributed by atoms with Crippen LogP contribution in [0.25, 0.3) is 0 Å². The molecule has 18 heavy (non-hydrogen) atoms. The number of amidine groups is 1. The molecule has 1 atom stereocenters. The number of aromatic nitrogens is 1. The van der Waals surface area contributed by atoms with E-state index in [1.807, 2.05) is 0 Å². The van der Waals surface area contributed by atoms with Crippen LogP contribution in [0.1, 0.15) is 12.6 Å². The largest absolute Gasteiger partial charge is 0.409 e. The Kier molecular flexibility index (Phi) is 4.86. The van der Waals surface area contributed by atoms with Gasteiger partial charge in [0.15, 0.2) is 11.5 Å². The second kappa shape index (κ2) is 6.17. The summed E-state index contributed by atoms with van der Waals surface area (Å²) in [5, 5.41) is 31.3. The third kappa shape index (κ3) is 3.31. The molecule has 4 N–H and O–H groups in total. The van der Waals surface area contributed by atoms with Crippen LogP contribution in [0.15, 0.2) is 22.3 Å². The van der Waals surface area contributed by atoms with Crippen LogP contribution in [-0.4, -0.2) is 37.9 Å². The quantitative estimate of drug-likeness (QED) is 0.178. The molecule has 0 aliphatic carbocycles. The summed E-state index contributed by atoms with van der Waals surface area (Å²) < 4.78 is 0. The van der Waals surface area contributed by atoms with E-state index in [0.29, 0.717) is 5.03 Å². The molecule has 0 spiro atoms. The molecule has 0 aliphatic rings. The van der Waals surface area contributed by atoms with E-state index in [9.17, 15) is 10.1 Å². The van der Waals surface area contributed by atoms with Crippen molar-refractivity contribution in [3.8, 4) is 0 Å². The average molecular weight is 272 g/mol. The summed E-state index contributed by atoms with van der Waals surface area (Å²) in [5.74, 6) is -0.430. The van der Waals surface area contributed by atoms with Crippen molar-refractivity contribution in [3.05, 3.63) is 27.9 Å². The SMILES string of the molecule is CC(CO)Sc1ccc([N+](=O)[O-])c(/C(N)=N/O)n1. The third-order valence-corrected chi connectivity index (χ3v) is 2.99. The number of aliphatic hydroxyl groups is 1. The molecule has 0 saturated carbocycles. The van der Waals surface area contributed by atoms with E-state index in [2.05, 4.69) is 10.1 Å². The Balaban J connectivity index is 3.17. The molecule has 0 amide bonds. The van der Waals surface area contributed by atoms with E-state index < -0.39 is 10.8 Å². The lowest BCUT2D eigenvalue weighted by Gasteiger charge is -2.08. The van der Waals surface area contributed by atoms with Gasteiger partial charge in [0.05, 0.1) is 16.6 Å². The molecule has 0 aromatic carbocycles. The number of hydrogen-bond acceptors (Lipinski definition) is 7. The Bertz CT molecular complexity index is 480. The summed E-state index contributed by atoms with van der Waals surface area (Å²) in [5.41, 5.74) is 4.80. The van der Waals surface area contributed by atoms with Crippen LogP contribution in [0, 0.1) is 10.1 Å². The molecule has 98 valence electrons. The number of pyridine rings is 1. The van der Waals surface area contributed by atoms with E-state index in [1.54, 1.807) is 6.92 Å². The number of nitrogens with zero attached hydrogens (tertiary/aromatic N) is 3. The van der Waals surface area contributed by atoms with Gasteiger partial charge in [-0.2, -0.15) is 0 Å². The maximum Gasteiger partial charge on any atom is 0.298 e. The molecule has 8 nitrogen and oxygen atoms in total. The molecule has 0 saturated heterocycles. The maximum absolute atomic E-state index is 10.8. The van der Waals surface area contributed by atoms with E-state index in [1.165, 1.54) is 23.9 Å². The van der Waals surface area contributed by atoms with Crippen molar-refractivity contribution in [2.45, 2.75) is 17.2 Å². The van der Waals surface area contributed by atoms with Gasteiger partial charge in [0.1, 0.15) is 0 Å². The minimum absolute atomic E-state index is 0.0533. The summed E-state index contributed by atoms with van der Waals surface area (Å²) in [6, 6.07) is 2.68. The highest BCUT2D eigenvalue weighted by Gasteiger charge is 2.20. The molecule has 0 fully saturated rings. The first kappa shape index (κ1) is 14.2.